The van der Waals surface area contributed by atoms with Crippen molar-refractivity contribution >= 4 is 0 Å². The van der Waals surface area contributed by atoms with E-state index < -0.39 is 5.82 Å². The molecule has 0 atom stereocenters. The lowest BCUT2D eigenvalue weighted by Gasteiger charge is -2.21. The Morgan fingerprint density at radius 2 is 2.00 bits per heavy atom. The monoisotopic (exact) mass is 251 g/mol. The van der Waals surface area contributed by atoms with Crippen molar-refractivity contribution in [2.45, 2.75) is 45.1 Å². The van der Waals surface area contributed by atoms with Crippen LogP contribution in [-0.2, 0) is 6.54 Å². The SMILES string of the molecule is Oc1c(F)cccc1CNCCC1CCCCC1. The number of phenolic OH excluding ortho intramolecular Hbond substituents is 1. The summed E-state index contributed by atoms with van der Waals surface area (Å²) in [4.78, 5) is 0. The molecule has 0 saturated heterocycles. The molecule has 0 amide bonds. The van der Waals surface area contributed by atoms with Crippen molar-refractivity contribution in [1.82, 2.24) is 5.32 Å². The number of rotatable bonds is 5. The maximum Gasteiger partial charge on any atom is 0.165 e. The van der Waals surface area contributed by atoms with Gasteiger partial charge in [0.05, 0.1) is 0 Å². The first kappa shape index (κ1) is 13.3. The standard InChI is InChI=1S/C15H22FNO/c16-14-8-4-7-13(15(14)18)11-17-10-9-12-5-2-1-3-6-12/h4,7-8,12,17-18H,1-3,5-6,9-11H2. The summed E-state index contributed by atoms with van der Waals surface area (Å²) in [6.45, 7) is 1.48. The third kappa shape index (κ3) is 3.70. The molecule has 3 heteroatoms. The Morgan fingerprint density at radius 1 is 1.22 bits per heavy atom. The molecule has 1 aliphatic rings. The first-order valence-electron chi connectivity index (χ1n) is 6.94. The fraction of sp³-hybridized carbons (Fsp3) is 0.600. The van der Waals surface area contributed by atoms with Crippen LogP contribution in [0.3, 0.4) is 0 Å². The van der Waals surface area contributed by atoms with E-state index in [-0.39, 0.29) is 5.75 Å². The van der Waals surface area contributed by atoms with Gasteiger partial charge in [-0.15, -0.1) is 0 Å². The van der Waals surface area contributed by atoms with Gasteiger partial charge in [0.25, 0.3) is 0 Å². The predicted octanol–water partition coefficient (Wildman–Crippen LogP) is 3.59. The summed E-state index contributed by atoms with van der Waals surface area (Å²) in [6, 6.07) is 4.67. The van der Waals surface area contributed by atoms with Gasteiger partial charge in [-0.05, 0) is 24.9 Å². The molecule has 1 saturated carbocycles. The number of nitrogens with one attached hydrogen (secondary N) is 1. The van der Waals surface area contributed by atoms with Gasteiger partial charge in [0.2, 0.25) is 0 Å². The molecule has 0 radical (unpaired) electrons. The highest BCUT2D eigenvalue weighted by Gasteiger charge is 2.12. The first-order valence-corrected chi connectivity index (χ1v) is 6.94. The molecule has 2 nitrogen and oxygen atoms in total. The molecule has 2 N–H and O–H groups in total. The summed E-state index contributed by atoms with van der Waals surface area (Å²) < 4.78 is 13.1. The third-order valence-corrected chi connectivity index (χ3v) is 3.84. The number of benzene rings is 1. The van der Waals surface area contributed by atoms with Gasteiger partial charge in [0.15, 0.2) is 11.6 Å². The zero-order valence-corrected chi connectivity index (χ0v) is 10.8. The van der Waals surface area contributed by atoms with E-state index in [1.165, 1.54) is 44.6 Å². The van der Waals surface area contributed by atoms with Crippen LogP contribution in [0, 0.1) is 11.7 Å². The smallest absolute Gasteiger partial charge is 0.165 e. The molecule has 0 heterocycles. The van der Waals surface area contributed by atoms with Gasteiger partial charge >= 0.3 is 0 Å². The van der Waals surface area contributed by atoms with E-state index in [1.807, 2.05) is 0 Å². The molecule has 1 aliphatic carbocycles. The molecule has 0 aliphatic heterocycles. The zero-order chi connectivity index (χ0) is 12.8. The minimum Gasteiger partial charge on any atom is -0.505 e. The highest BCUT2D eigenvalue weighted by molar-refractivity contribution is 5.33. The van der Waals surface area contributed by atoms with Crippen LogP contribution in [0.1, 0.15) is 44.1 Å². The van der Waals surface area contributed by atoms with Crippen molar-refractivity contribution in [2.75, 3.05) is 6.54 Å². The number of aromatic hydroxyl groups is 1. The molecule has 0 unspecified atom stereocenters. The van der Waals surface area contributed by atoms with E-state index in [2.05, 4.69) is 5.32 Å². The Bertz CT molecular complexity index is 375. The Labute approximate surface area is 108 Å². The molecule has 100 valence electrons. The fourth-order valence-electron chi connectivity index (χ4n) is 2.71. The Kier molecular flexibility index (Phi) is 5.00. The number of para-hydroxylation sites is 1. The molecule has 1 fully saturated rings. The van der Waals surface area contributed by atoms with Crippen molar-refractivity contribution < 1.29 is 9.50 Å². The predicted molar refractivity (Wildman–Crippen MR) is 71.0 cm³/mol. The maximum atomic E-state index is 13.1. The van der Waals surface area contributed by atoms with Crippen molar-refractivity contribution in [2.24, 2.45) is 5.92 Å². The van der Waals surface area contributed by atoms with Crippen LogP contribution in [0.5, 0.6) is 5.75 Å². The van der Waals surface area contributed by atoms with Crippen molar-refractivity contribution in [3.63, 3.8) is 0 Å². The van der Waals surface area contributed by atoms with Gasteiger partial charge in [-0.1, -0.05) is 44.2 Å². The summed E-state index contributed by atoms with van der Waals surface area (Å²) >= 11 is 0. The van der Waals surface area contributed by atoms with Crippen LogP contribution in [0.15, 0.2) is 18.2 Å². The minimum atomic E-state index is -0.540. The average Bonchev–Trinajstić information content (AvgIpc) is 2.40. The number of hydrogen-bond acceptors (Lipinski definition) is 2. The average molecular weight is 251 g/mol. The van der Waals surface area contributed by atoms with Crippen LogP contribution in [-0.4, -0.2) is 11.7 Å². The lowest BCUT2D eigenvalue weighted by atomic mass is 9.87. The molecular formula is C15H22FNO. The third-order valence-electron chi connectivity index (χ3n) is 3.84. The summed E-state index contributed by atoms with van der Waals surface area (Å²) in [6.07, 6.45) is 8.03. The number of hydrogen-bond donors (Lipinski definition) is 2. The summed E-state index contributed by atoms with van der Waals surface area (Å²) in [5.74, 6) is 0.0941. The van der Waals surface area contributed by atoms with Crippen LogP contribution >= 0.6 is 0 Å². The maximum absolute atomic E-state index is 13.1. The van der Waals surface area contributed by atoms with E-state index >= 15 is 0 Å². The molecular weight excluding hydrogens is 229 g/mol. The largest absolute Gasteiger partial charge is 0.505 e. The number of halogens is 1. The van der Waals surface area contributed by atoms with Crippen molar-refractivity contribution in [3.8, 4) is 5.75 Å². The highest BCUT2D eigenvalue weighted by atomic mass is 19.1. The Morgan fingerprint density at radius 3 is 2.78 bits per heavy atom. The molecule has 1 aromatic carbocycles. The van der Waals surface area contributed by atoms with E-state index in [9.17, 15) is 9.50 Å². The van der Waals surface area contributed by atoms with Gasteiger partial charge in [-0.2, -0.15) is 0 Å². The molecule has 2 rings (SSSR count). The second-order valence-electron chi connectivity index (χ2n) is 5.22. The van der Waals surface area contributed by atoms with Gasteiger partial charge in [-0.25, -0.2) is 4.39 Å². The summed E-state index contributed by atoms with van der Waals surface area (Å²) in [5, 5.41) is 12.8. The molecule has 1 aromatic rings. The van der Waals surface area contributed by atoms with Gasteiger partial charge in [0.1, 0.15) is 0 Å². The minimum absolute atomic E-state index is 0.220. The molecule has 0 spiro atoms. The van der Waals surface area contributed by atoms with Gasteiger partial charge in [-0.3, -0.25) is 0 Å². The summed E-state index contributed by atoms with van der Waals surface area (Å²) in [5.41, 5.74) is 0.638. The van der Waals surface area contributed by atoms with Gasteiger partial charge in [0, 0.05) is 12.1 Å². The van der Waals surface area contributed by atoms with Crippen molar-refractivity contribution in [3.05, 3.63) is 29.6 Å². The first-order chi connectivity index (χ1) is 8.77. The molecule has 0 bridgehead atoms. The lowest BCUT2D eigenvalue weighted by molar-refractivity contribution is 0.333. The highest BCUT2D eigenvalue weighted by Crippen LogP contribution is 2.26. The Hall–Kier alpha value is -1.09. The van der Waals surface area contributed by atoms with Crippen LogP contribution in [0.2, 0.25) is 0 Å². The Balaban J connectivity index is 1.70. The molecule has 18 heavy (non-hydrogen) atoms. The normalized spacial score (nSPS) is 16.9. The van der Waals surface area contributed by atoms with Crippen LogP contribution < -0.4 is 5.32 Å². The van der Waals surface area contributed by atoms with Crippen LogP contribution in [0.25, 0.3) is 0 Å². The van der Waals surface area contributed by atoms with E-state index in [1.54, 1.807) is 12.1 Å². The topological polar surface area (TPSA) is 32.3 Å². The quantitative estimate of drug-likeness (QED) is 0.784. The zero-order valence-electron chi connectivity index (χ0n) is 10.8. The second-order valence-corrected chi connectivity index (χ2v) is 5.22. The van der Waals surface area contributed by atoms with Crippen molar-refractivity contribution in [1.29, 1.82) is 0 Å². The second kappa shape index (κ2) is 6.74. The van der Waals surface area contributed by atoms with E-state index in [0.29, 0.717) is 12.1 Å². The van der Waals surface area contributed by atoms with E-state index in [0.717, 1.165) is 12.5 Å². The van der Waals surface area contributed by atoms with E-state index in [4.69, 9.17) is 0 Å². The number of phenols is 1. The fourth-order valence-corrected chi connectivity index (χ4v) is 2.71. The summed E-state index contributed by atoms with van der Waals surface area (Å²) in [7, 11) is 0. The molecule has 0 aromatic heterocycles. The van der Waals surface area contributed by atoms with Crippen LogP contribution in [0.4, 0.5) is 4.39 Å². The lowest BCUT2D eigenvalue weighted by Crippen LogP contribution is -2.19. The van der Waals surface area contributed by atoms with Gasteiger partial charge < -0.3 is 10.4 Å².